The van der Waals surface area contributed by atoms with Crippen molar-refractivity contribution in [1.82, 2.24) is 0 Å². The van der Waals surface area contributed by atoms with Crippen molar-refractivity contribution >= 4 is 11.9 Å². The van der Waals surface area contributed by atoms with Crippen molar-refractivity contribution in [3.63, 3.8) is 0 Å². The zero-order valence-corrected chi connectivity index (χ0v) is 16.9. The van der Waals surface area contributed by atoms with E-state index in [0.29, 0.717) is 29.6 Å². The second kappa shape index (κ2) is 8.62. The molecule has 1 heterocycles. The summed E-state index contributed by atoms with van der Waals surface area (Å²) in [5.74, 6) is -0.909. The van der Waals surface area contributed by atoms with Crippen molar-refractivity contribution in [3.8, 4) is 0 Å². The molecule has 6 heteroatoms. The minimum Gasteiger partial charge on any atom is -0.462 e. The molecule has 1 unspecified atom stereocenters. The van der Waals surface area contributed by atoms with E-state index < -0.39 is 11.6 Å². The van der Waals surface area contributed by atoms with E-state index in [1.165, 1.54) is 0 Å². The minimum atomic E-state index is -1.61. The Balaban J connectivity index is 1.70. The zero-order valence-electron chi connectivity index (χ0n) is 16.9. The Kier molecular flexibility index (Phi) is 6.40. The van der Waals surface area contributed by atoms with Crippen molar-refractivity contribution < 1.29 is 28.7 Å². The van der Waals surface area contributed by atoms with Crippen LogP contribution in [0.4, 0.5) is 0 Å². The second-order valence-electron chi connectivity index (χ2n) is 8.42. The maximum absolute atomic E-state index is 13.2. The molecule has 0 spiro atoms. The lowest BCUT2D eigenvalue weighted by atomic mass is 9.80. The van der Waals surface area contributed by atoms with Crippen molar-refractivity contribution in [2.45, 2.75) is 50.7 Å². The van der Waals surface area contributed by atoms with Crippen LogP contribution < -0.4 is 0 Å². The Morgan fingerprint density at radius 3 is 2.50 bits per heavy atom. The SMILES string of the molecule is CCOC(=O)C[N+]1(C)CC[C@H](OC(=O)[C@](O)(c2ccccc2)C2CCCC2)C1. The van der Waals surface area contributed by atoms with Crippen LogP contribution in [-0.2, 0) is 24.7 Å². The fourth-order valence-electron chi connectivity index (χ4n) is 4.69. The first-order chi connectivity index (χ1) is 13.4. The number of nitrogens with zero attached hydrogens (tertiary/aromatic N) is 1. The highest BCUT2D eigenvalue weighted by Gasteiger charge is 2.50. The summed E-state index contributed by atoms with van der Waals surface area (Å²) in [4.78, 5) is 25.0. The molecule has 1 aromatic carbocycles. The normalized spacial score (nSPS) is 27.3. The van der Waals surface area contributed by atoms with Gasteiger partial charge in [0.2, 0.25) is 0 Å². The maximum Gasteiger partial charge on any atom is 0.361 e. The number of benzene rings is 1. The molecule has 1 aromatic rings. The summed E-state index contributed by atoms with van der Waals surface area (Å²) < 4.78 is 11.4. The van der Waals surface area contributed by atoms with Crippen LogP contribution in [0, 0.1) is 5.92 Å². The first kappa shape index (κ1) is 20.8. The lowest BCUT2D eigenvalue weighted by Crippen LogP contribution is -2.48. The largest absolute Gasteiger partial charge is 0.462 e. The number of carbonyl (C=O) groups is 2. The molecule has 0 amide bonds. The van der Waals surface area contributed by atoms with E-state index in [-0.39, 0.29) is 24.5 Å². The molecule has 1 saturated heterocycles. The topological polar surface area (TPSA) is 72.8 Å². The summed E-state index contributed by atoms with van der Waals surface area (Å²) >= 11 is 0. The standard InChI is InChI=1S/C22H32NO5/c1-3-27-20(24)16-23(2)14-13-19(15-23)28-21(25)22(26,18-11-7-8-12-18)17-9-5-4-6-10-17/h4-6,9-10,18-19,26H,3,7-8,11-16H2,1-2H3/q+1/t19-,22-,23?/m0/s1. The number of likely N-dealkylation sites (tertiary alicyclic amines) is 1. The molecule has 2 aliphatic rings. The van der Waals surface area contributed by atoms with Gasteiger partial charge >= 0.3 is 11.9 Å². The molecular formula is C22H32NO5+. The van der Waals surface area contributed by atoms with Crippen molar-refractivity contribution in [2.75, 3.05) is 33.3 Å². The molecule has 1 aliphatic heterocycles. The summed E-state index contributed by atoms with van der Waals surface area (Å²) in [6, 6.07) is 9.15. The lowest BCUT2D eigenvalue weighted by molar-refractivity contribution is -0.891. The number of ether oxygens (including phenoxy) is 2. The summed E-state index contributed by atoms with van der Waals surface area (Å²) in [6.07, 6.45) is 4.06. The van der Waals surface area contributed by atoms with E-state index >= 15 is 0 Å². The molecule has 6 nitrogen and oxygen atoms in total. The number of aliphatic hydroxyl groups is 1. The van der Waals surface area contributed by atoms with E-state index in [0.717, 1.165) is 32.2 Å². The average Bonchev–Trinajstić information content (AvgIpc) is 3.32. The molecule has 28 heavy (non-hydrogen) atoms. The van der Waals surface area contributed by atoms with Crippen molar-refractivity contribution in [2.24, 2.45) is 5.92 Å². The number of quaternary nitrogens is 1. The van der Waals surface area contributed by atoms with Crippen LogP contribution in [0.2, 0.25) is 0 Å². The summed E-state index contributed by atoms with van der Waals surface area (Å²) in [7, 11) is 1.98. The van der Waals surface area contributed by atoms with Crippen LogP contribution in [0.25, 0.3) is 0 Å². The van der Waals surface area contributed by atoms with Gasteiger partial charge in [0.25, 0.3) is 0 Å². The van der Waals surface area contributed by atoms with Gasteiger partial charge in [-0.05, 0) is 25.3 Å². The van der Waals surface area contributed by atoms with Crippen molar-refractivity contribution in [3.05, 3.63) is 35.9 Å². The Morgan fingerprint density at radius 1 is 1.18 bits per heavy atom. The molecule has 154 valence electrons. The molecule has 2 fully saturated rings. The molecule has 3 atom stereocenters. The van der Waals surface area contributed by atoms with E-state index in [9.17, 15) is 14.7 Å². The Hall–Kier alpha value is -1.92. The van der Waals surface area contributed by atoms with Crippen LogP contribution in [0.5, 0.6) is 0 Å². The van der Waals surface area contributed by atoms with Gasteiger partial charge in [0.05, 0.1) is 20.2 Å². The fourth-order valence-corrected chi connectivity index (χ4v) is 4.69. The quantitative estimate of drug-likeness (QED) is 0.572. The first-order valence-electron chi connectivity index (χ1n) is 10.4. The predicted octanol–water partition coefficient (Wildman–Crippen LogP) is 2.39. The van der Waals surface area contributed by atoms with Crippen LogP contribution in [0.3, 0.4) is 0 Å². The number of rotatable bonds is 7. The van der Waals surface area contributed by atoms with Crippen molar-refractivity contribution in [1.29, 1.82) is 0 Å². The van der Waals surface area contributed by atoms with Gasteiger partial charge in [-0.15, -0.1) is 0 Å². The van der Waals surface area contributed by atoms with Crippen LogP contribution in [0.1, 0.15) is 44.6 Å². The zero-order chi connectivity index (χ0) is 20.2. The highest BCUT2D eigenvalue weighted by atomic mass is 16.6. The molecule has 1 saturated carbocycles. The smallest absolute Gasteiger partial charge is 0.361 e. The molecule has 0 bridgehead atoms. The molecule has 3 rings (SSSR count). The first-order valence-corrected chi connectivity index (χ1v) is 10.4. The number of hydrogen-bond acceptors (Lipinski definition) is 5. The van der Waals surface area contributed by atoms with Gasteiger partial charge in [-0.1, -0.05) is 43.2 Å². The highest BCUT2D eigenvalue weighted by Crippen LogP contribution is 2.42. The predicted molar refractivity (Wildman–Crippen MR) is 104 cm³/mol. The molecule has 0 radical (unpaired) electrons. The maximum atomic E-state index is 13.2. The highest BCUT2D eigenvalue weighted by molar-refractivity contribution is 5.81. The van der Waals surface area contributed by atoms with E-state index in [1.807, 2.05) is 25.2 Å². The van der Waals surface area contributed by atoms with E-state index in [1.54, 1.807) is 19.1 Å². The van der Waals surface area contributed by atoms with Crippen LogP contribution >= 0.6 is 0 Å². The van der Waals surface area contributed by atoms with Gasteiger partial charge in [-0.3, -0.25) is 0 Å². The van der Waals surface area contributed by atoms with Gasteiger partial charge < -0.3 is 19.1 Å². The molecular weight excluding hydrogens is 358 g/mol. The third kappa shape index (κ3) is 4.39. The monoisotopic (exact) mass is 390 g/mol. The third-order valence-electron chi connectivity index (χ3n) is 6.20. The summed E-state index contributed by atoms with van der Waals surface area (Å²) in [5.41, 5.74) is -1.00. The minimum absolute atomic E-state index is 0.121. The van der Waals surface area contributed by atoms with Gasteiger partial charge in [0.1, 0.15) is 6.54 Å². The number of esters is 2. The molecule has 1 aliphatic carbocycles. The third-order valence-corrected chi connectivity index (χ3v) is 6.20. The Morgan fingerprint density at radius 2 is 1.86 bits per heavy atom. The van der Waals surface area contributed by atoms with Gasteiger partial charge in [0.15, 0.2) is 18.2 Å². The Bertz CT molecular complexity index is 687. The van der Waals surface area contributed by atoms with Crippen LogP contribution in [0.15, 0.2) is 30.3 Å². The lowest BCUT2D eigenvalue weighted by Gasteiger charge is -2.33. The molecule has 0 aromatic heterocycles. The number of carbonyl (C=O) groups excluding carboxylic acids is 2. The number of hydrogen-bond donors (Lipinski definition) is 1. The Labute approximate surface area is 167 Å². The van der Waals surface area contributed by atoms with E-state index in [2.05, 4.69) is 0 Å². The molecule has 1 N–H and O–H groups in total. The van der Waals surface area contributed by atoms with Gasteiger partial charge in [0, 0.05) is 12.3 Å². The second-order valence-corrected chi connectivity index (χ2v) is 8.42. The van der Waals surface area contributed by atoms with E-state index in [4.69, 9.17) is 9.47 Å². The fraction of sp³-hybridized carbons (Fsp3) is 0.636. The van der Waals surface area contributed by atoms with Crippen LogP contribution in [-0.4, -0.2) is 60.9 Å². The van der Waals surface area contributed by atoms with Gasteiger partial charge in [-0.2, -0.15) is 0 Å². The van der Waals surface area contributed by atoms with Gasteiger partial charge in [-0.25, -0.2) is 9.59 Å². The summed E-state index contributed by atoms with van der Waals surface area (Å²) in [5, 5.41) is 11.5. The average molecular weight is 391 g/mol. The number of likely N-dealkylation sites (N-methyl/N-ethyl adjacent to an activating group) is 1. The summed E-state index contributed by atoms with van der Waals surface area (Å²) in [6.45, 7) is 3.72.